The predicted molar refractivity (Wildman–Crippen MR) is 106 cm³/mol. The molecule has 0 aliphatic carbocycles. The Morgan fingerprint density at radius 3 is 2.63 bits per heavy atom. The molecule has 27 heavy (non-hydrogen) atoms. The maximum Gasteiger partial charge on any atom is 0.276 e. The van der Waals surface area contributed by atoms with Crippen molar-refractivity contribution in [2.24, 2.45) is 0 Å². The molecule has 0 saturated heterocycles. The SMILES string of the molecule is CC(=O)c1cccc(Nc2ccc(C(=O)N3CCc4ccccc43)nc2)c1. The largest absolute Gasteiger partial charge is 0.354 e. The number of rotatable bonds is 4. The quantitative estimate of drug-likeness (QED) is 0.710. The fourth-order valence-corrected chi connectivity index (χ4v) is 3.26. The first kappa shape index (κ1) is 17.0. The molecule has 0 spiro atoms. The molecule has 5 heteroatoms. The number of pyridine rings is 1. The Bertz CT molecular complexity index is 1010. The average molecular weight is 357 g/mol. The molecule has 0 bridgehead atoms. The molecule has 2 aromatic carbocycles. The minimum atomic E-state index is -0.0925. The van der Waals surface area contributed by atoms with Crippen LogP contribution in [-0.2, 0) is 6.42 Å². The van der Waals surface area contributed by atoms with E-state index in [1.807, 2.05) is 36.4 Å². The number of fused-ring (bicyclic) bond motifs is 1. The third-order valence-corrected chi connectivity index (χ3v) is 4.67. The highest BCUT2D eigenvalue weighted by Gasteiger charge is 2.25. The number of para-hydroxylation sites is 1. The number of benzene rings is 2. The summed E-state index contributed by atoms with van der Waals surface area (Å²) >= 11 is 0. The highest BCUT2D eigenvalue weighted by molar-refractivity contribution is 6.06. The van der Waals surface area contributed by atoms with Crippen molar-refractivity contribution in [3.8, 4) is 0 Å². The molecule has 5 nitrogen and oxygen atoms in total. The second kappa shape index (κ2) is 7.03. The van der Waals surface area contributed by atoms with Crippen LogP contribution >= 0.6 is 0 Å². The van der Waals surface area contributed by atoms with E-state index in [9.17, 15) is 9.59 Å². The van der Waals surface area contributed by atoms with Crippen molar-refractivity contribution in [2.45, 2.75) is 13.3 Å². The van der Waals surface area contributed by atoms with E-state index in [1.54, 1.807) is 29.3 Å². The number of nitrogens with zero attached hydrogens (tertiary/aromatic N) is 2. The van der Waals surface area contributed by atoms with Gasteiger partial charge in [-0.15, -0.1) is 0 Å². The van der Waals surface area contributed by atoms with Gasteiger partial charge in [0, 0.05) is 23.5 Å². The number of amides is 1. The Morgan fingerprint density at radius 1 is 1.00 bits per heavy atom. The summed E-state index contributed by atoms with van der Waals surface area (Å²) in [6.07, 6.45) is 2.50. The Kier molecular flexibility index (Phi) is 4.42. The minimum absolute atomic E-state index is 0.0172. The number of carbonyl (C=O) groups is 2. The van der Waals surface area contributed by atoms with Crippen LogP contribution in [0.3, 0.4) is 0 Å². The number of anilines is 3. The van der Waals surface area contributed by atoms with E-state index < -0.39 is 0 Å². The van der Waals surface area contributed by atoms with E-state index in [1.165, 1.54) is 12.5 Å². The van der Waals surface area contributed by atoms with E-state index in [2.05, 4.69) is 16.4 Å². The molecule has 0 fully saturated rings. The number of hydrogen-bond donors (Lipinski definition) is 1. The van der Waals surface area contributed by atoms with Crippen LogP contribution in [0.2, 0.25) is 0 Å². The lowest BCUT2D eigenvalue weighted by Gasteiger charge is -2.17. The first-order chi connectivity index (χ1) is 13.1. The second-order valence-corrected chi connectivity index (χ2v) is 6.53. The Morgan fingerprint density at radius 2 is 1.85 bits per heavy atom. The van der Waals surface area contributed by atoms with Crippen LogP contribution in [0.15, 0.2) is 66.9 Å². The van der Waals surface area contributed by atoms with E-state index in [4.69, 9.17) is 0 Å². The molecular formula is C22H19N3O2. The Hall–Kier alpha value is -3.47. The number of hydrogen-bond acceptors (Lipinski definition) is 4. The molecule has 3 aromatic rings. The Labute approximate surface area is 157 Å². The molecule has 1 amide bonds. The molecule has 0 unspecified atom stereocenters. The minimum Gasteiger partial charge on any atom is -0.354 e. The molecule has 0 saturated carbocycles. The number of ketones is 1. The van der Waals surface area contributed by atoms with Crippen molar-refractivity contribution in [3.63, 3.8) is 0 Å². The van der Waals surface area contributed by atoms with Crippen LogP contribution in [0.1, 0.15) is 33.3 Å². The van der Waals surface area contributed by atoms with Crippen molar-refractivity contribution in [2.75, 3.05) is 16.8 Å². The van der Waals surface area contributed by atoms with Gasteiger partial charge in [-0.1, -0.05) is 30.3 Å². The van der Waals surface area contributed by atoms with Crippen LogP contribution in [0.4, 0.5) is 17.1 Å². The van der Waals surface area contributed by atoms with Gasteiger partial charge >= 0.3 is 0 Å². The van der Waals surface area contributed by atoms with Gasteiger partial charge < -0.3 is 10.2 Å². The molecular weight excluding hydrogens is 338 g/mol. The van der Waals surface area contributed by atoms with E-state index >= 15 is 0 Å². The number of Topliss-reactive ketones (excluding diaryl/α,β-unsaturated/α-hetero) is 1. The fourth-order valence-electron chi connectivity index (χ4n) is 3.26. The van der Waals surface area contributed by atoms with Gasteiger partial charge in [-0.05, 0) is 49.2 Å². The predicted octanol–water partition coefficient (Wildman–Crippen LogP) is 4.23. The smallest absolute Gasteiger partial charge is 0.276 e. The first-order valence-electron chi connectivity index (χ1n) is 8.86. The number of aromatic nitrogens is 1. The second-order valence-electron chi connectivity index (χ2n) is 6.53. The normalized spacial score (nSPS) is 12.6. The zero-order valence-corrected chi connectivity index (χ0v) is 15.0. The van der Waals surface area contributed by atoms with Crippen molar-refractivity contribution in [3.05, 3.63) is 83.7 Å². The standard InChI is InChI=1S/C22H19N3O2/c1-15(26)17-6-4-7-18(13-17)24-19-9-10-20(23-14-19)22(27)25-12-11-16-5-2-3-8-21(16)25/h2-10,13-14,24H,11-12H2,1H3. The van der Waals surface area contributed by atoms with Crippen LogP contribution < -0.4 is 10.2 Å². The summed E-state index contributed by atoms with van der Waals surface area (Å²) in [6.45, 7) is 2.22. The monoisotopic (exact) mass is 357 g/mol. The lowest BCUT2D eigenvalue weighted by Crippen LogP contribution is -2.29. The van der Waals surface area contributed by atoms with Gasteiger partial charge in [0.1, 0.15) is 5.69 Å². The van der Waals surface area contributed by atoms with Gasteiger partial charge in [-0.3, -0.25) is 9.59 Å². The lowest BCUT2D eigenvalue weighted by molar-refractivity contribution is 0.0982. The van der Waals surface area contributed by atoms with Gasteiger partial charge in [-0.2, -0.15) is 0 Å². The summed E-state index contributed by atoms with van der Waals surface area (Å²) in [5.41, 5.74) is 4.77. The summed E-state index contributed by atoms with van der Waals surface area (Å²) in [5, 5.41) is 3.21. The summed E-state index contributed by atoms with van der Waals surface area (Å²) in [5.74, 6) is -0.0753. The zero-order valence-electron chi connectivity index (χ0n) is 15.0. The molecule has 2 heterocycles. The third-order valence-electron chi connectivity index (χ3n) is 4.67. The Balaban J connectivity index is 1.50. The highest BCUT2D eigenvalue weighted by Crippen LogP contribution is 2.28. The van der Waals surface area contributed by atoms with E-state index in [-0.39, 0.29) is 11.7 Å². The van der Waals surface area contributed by atoms with Crippen LogP contribution in [0.25, 0.3) is 0 Å². The van der Waals surface area contributed by atoms with Crippen LogP contribution in [0, 0.1) is 0 Å². The molecule has 134 valence electrons. The summed E-state index contributed by atoms with van der Waals surface area (Å²) in [6, 6.07) is 18.8. The van der Waals surface area contributed by atoms with Crippen LogP contribution in [0.5, 0.6) is 0 Å². The third kappa shape index (κ3) is 3.44. The van der Waals surface area contributed by atoms with Gasteiger partial charge in [0.15, 0.2) is 5.78 Å². The van der Waals surface area contributed by atoms with Gasteiger partial charge in [0.25, 0.3) is 5.91 Å². The summed E-state index contributed by atoms with van der Waals surface area (Å²) in [4.78, 5) is 30.4. The van der Waals surface area contributed by atoms with Crippen LogP contribution in [-0.4, -0.2) is 23.2 Å². The zero-order chi connectivity index (χ0) is 18.8. The summed E-state index contributed by atoms with van der Waals surface area (Å²) in [7, 11) is 0. The van der Waals surface area contributed by atoms with E-state index in [0.717, 1.165) is 23.5 Å². The molecule has 1 aliphatic rings. The molecule has 1 aromatic heterocycles. The maximum absolute atomic E-state index is 12.8. The fraction of sp³-hybridized carbons (Fsp3) is 0.136. The number of nitrogens with one attached hydrogen (secondary N) is 1. The topological polar surface area (TPSA) is 62.3 Å². The van der Waals surface area contributed by atoms with Gasteiger partial charge in [0.05, 0.1) is 11.9 Å². The van der Waals surface area contributed by atoms with Crippen molar-refractivity contribution in [1.82, 2.24) is 4.98 Å². The molecule has 0 radical (unpaired) electrons. The molecule has 1 aliphatic heterocycles. The van der Waals surface area contributed by atoms with Crippen molar-refractivity contribution in [1.29, 1.82) is 0 Å². The van der Waals surface area contributed by atoms with Crippen molar-refractivity contribution >= 4 is 28.8 Å². The first-order valence-corrected chi connectivity index (χ1v) is 8.86. The van der Waals surface area contributed by atoms with Gasteiger partial charge in [-0.25, -0.2) is 4.98 Å². The molecule has 1 N–H and O–H groups in total. The maximum atomic E-state index is 12.8. The lowest BCUT2D eigenvalue weighted by atomic mass is 10.1. The molecule has 4 rings (SSSR count). The van der Waals surface area contributed by atoms with Gasteiger partial charge in [0.2, 0.25) is 0 Å². The average Bonchev–Trinajstić information content (AvgIpc) is 3.12. The van der Waals surface area contributed by atoms with Crippen molar-refractivity contribution < 1.29 is 9.59 Å². The summed E-state index contributed by atoms with van der Waals surface area (Å²) < 4.78 is 0. The molecule has 0 atom stereocenters. The number of carbonyl (C=O) groups excluding carboxylic acids is 2. The highest BCUT2D eigenvalue weighted by atomic mass is 16.2. The van der Waals surface area contributed by atoms with E-state index in [0.29, 0.717) is 17.8 Å².